The molecule has 2 aliphatic rings. The molecule has 27 heavy (non-hydrogen) atoms. The van der Waals surface area contributed by atoms with E-state index in [4.69, 9.17) is 10.5 Å². The van der Waals surface area contributed by atoms with Gasteiger partial charge in [0.15, 0.2) is 0 Å². The normalized spacial score (nSPS) is 23.6. The maximum Gasteiger partial charge on any atom is 0.205 e. The summed E-state index contributed by atoms with van der Waals surface area (Å²) in [5.74, 6) is 1.41. The van der Waals surface area contributed by atoms with Crippen LogP contribution in [-0.4, -0.2) is 0 Å². The first kappa shape index (κ1) is 17.2. The third-order valence-corrected chi connectivity index (χ3v) is 5.23. The number of benzene rings is 2. The minimum absolute atomic E-state index is 0.137. The first-order chi connectivity index (χ1) is 13.2. The fourth-order valence-corrected chi connectivity index (χ4v) is 4.08. The SMILES string of the molecule is C[C@@H]1CC(=Cc2ccccc2)C2=C(C1)[C@H](c1ccccc1)C(C#N)=C(N)O2. The molecule has 0 bridgehead atoms. The van der Waals surface area contributed by atoms with Crippen molar-refractivity contribution in [3.05, 3.63) is 100 Å². The molecule has 2 aromatic carbocycles. The zero-order chi connectivity index (χ0) is 18.8. The van der Waals surface area contributed by atoms with Crippen LogP contribution in [0.25, 0.3) is 6.08 Å². The fraction of sp³-hybridized carbons (Fsp3) is 0.208. The van der Waals surface area contributed by atoms with Crippen LogP contribution >= 0.6 is 0 Å². The van der Waals surface area contributed by atoms with Crippen LogP contribution in [0.5, 0.6) is 0 Å². The van der Waals surface area contributed by atoms with E-state index in [0.717, 1.165) is 40.9 Å². The lowest BCUT2D eigenvalue weighted by Crippen LogP contribution is -2.25. The molecule has 0 saturated carbocycles. The minimum Gasteiger partial charge on any atom is -0.440 e. The van der Waals surface area contributed by atoms with Crippen LogP contribution in [0.15, 0.2) is 89.0 Å². The molecule has 3 nitrogen and oxygen atoms in total. The van der Waals surface area contributed by atoms with Gasteiger partial charge < -0.3 is 10.5 Å². The van der Waals surface area contributed by atoms with Crippen molar-refractivity contribution in [1.82, 2.24) is 0 Å². The van der Waals surface area contributed by atoms with E-state index in [1.54, 1.807) is 0 Å². The third kappa shape index (κ3) is 3.27. The summed E-state index contributed by atoms with van der Waals surface area (Å²) in [5, 5.41) is 9.75. The van der Waals surface area contributed by atoms with Crippen LogP contribution in [0, 0.1) is 17.2 Å². The molecule has 0 unspecified atom stereocenters. The number of nitrogens with two attached hydrogens (primary N) is 1. The summed E-state index contributed by atoms with van der Waals surface area (Å²) in [6, 6.07) is 22.7. The molecule has 1 aliphatic carbocycles. The summed E-state index contributed by atoms with van der Waals surface area (Å²) in [6.45, 7) is 2.25. The van der Waals surface area contributed by atoms with Gasteiger partial charge in [0.25, 0.3) is 0 Å². The molecular weight excluding hydrogens is 332 g/mol. The number of nitrogens with zero attached hydrogens (tertiary/aromatic N) is 1. The molecular formula is C24H22N2O. The number of hydrogen-bond donors (Lipinski definition) is 1. The van der Waals surface area contributed by atoms with Crippen molar-refractivity contribution in [3.8, 4) is 6.07 Å². The van der Waals surface area contributed by atoms with Gasteiger partial charge in [-0.05, 0) is 47.1 Å². The van der Waals surface area contributed by atoms with E-state index in [1.807, 2.05) is 36.4 Å². The van der Waals surface area contributed by atoms with Gasteiger partial charge in [0.1, 0.15) is 17.4 Å². The molecule has 0 spiro atoms. The minimum atomic E-state index is -0.137. The first-order valence-corrected chi connectivity index (χ1v) is 9.29. The van der Waals surface area contributed by atoms with Crippen molar-refractivity contribution in [2.75, 3.05) is 0 Å². The van der Waals surface area contributed by atoms with Gasteiger partial charge in [-0.3, -0.25) is 0 Å². The van der Waals surface area contributed by atoms with E-state index >= 15 is 0 Å². The number of nitriles is 1. The predicted molar refractivity (Wildman–Crippen MR) is 107 cm³/mol. The Bertz CT molecular complexity index is 978. The van der Waals surface area contributed by atoms with Crippen molar-refractivity contribution >= 4 is 6.08 Å². The molecule has 2 aromatic rings. The van der Waals surface area contributed by atoms with Crippen LogP contribution in [0.2, 0.25) is 0 Å². The number of ether oxygens (including phenoxy) is 1. The Morgan fingerprint density at radius 3 is 2.37 bits per heavy atom. The van der Waals surface area contributed by atoms with Crippen molar-refractivity contribution in [2.24, 2.45) is 11.7 Å². The highest BCUT2D eigenvalue weighted by Gasteiger charge is 2.37. The highest BCUT2D eigenvalue weighted by atomic mass is 16.5. The lowest BCUT2D eigenvalue weighted by molar-refractivity contribution is 0.268. The van der Waals surface area contributed by atoms with E-state index in [0.29, 0.717) is 11.5 Å². The average molecular weight is 354 g/mol. The summed E-state index contributed by atoms with van der Waals surface area (Å²) in [5.41, 5.74) is 11.2. The maximum atomic E-state index is 9.75. The molecule has 1 heterocycles. The lowest BCUT2D eigenvalue weighted by atomic mass is 9.74. The standard InChI is InChI=1S/C24H22N2O/c1-16-12-19(14-17-8-4-2-5-9-17)23-20(13-16)22(18-10-6-3-7-11-18)21(15-25)24(26)27-23/h2-11,14,16,22H,12-13,26H2,1H3/t16-,22+/m1/s1. The molecule has 134 valence electrons. The van der Waals surface area contributed by atoms with Crippen LogP contribution in [0.4, 0.5) is 0 Å². The Morgan fingerprint density at radius 1 is 1.04 bits per heavy atom. The highest BCUT2D eigenvalue weighted by molar-refractivity contribution is 5.62. The molecule has 0 aromatic heterocycles. The molecule has 0 fully saturated rings. The Morgan fingerprint density at radius 2 is 1.70 bits per heavy atom. The molecule has 0 radical (unpaired) electrons. The Labute approximate surface area is 160 Å². The summed E-state index contributed by atoms with van der Waals surface area (Å²) in [6.07, 6.45) is 4.02. The second-order valence-electron chi connectivity index (χ2n) is 7.28. The van der Waals surface area contributed by atoms with E-state index in [1.165, 1.54) is 0 Å². The van der Waals surface area contributed by atoms with Crippen LogP contribution in [0.3, 0.4) is 0 Å². The predicted octanol–water partition coefficient (Wildman–Crippen LogP) is 5.26. The van der Waals surface area contributed by atoms with Gasteiger partial charge in [0.2, 0.25) is 5.88 Å². The maximum absolute atomic E-state index is 9.75. The zero-order valence-electron chi connectivity index (χ0n) is 15.4. The quantitative estimate of drug-likeness (QED) is 0.800. The molecule has 0 saturated heterocycles. The molecule has 3 heteroatoms. The molecule has 1 aliphatic heterocycles. The largest absolute Gasteiger partial charge is 0.440 e. The van der Waals surface area contributed by atoms with Gasteiger partial charge >= 0.3 is 0 Å². The van der Waals surface area contributed by atoms with E-state index in [9.17, 15) is 5.26 Å². The van der Waals surface area contributed by atoms with Crippen molar-refractivity contribution < 1.29 is 4.74 Å². The van der Waals surface area contributed by atoms with Crippen LogP contribution in [-0.2, 0) is 4.74 Å². The van der Waals surface area contributed by atoms with Crippen LogP contribution in [0.1, 0.15) is 36.8 Å². The molecule has 4 rings (SSSR count). The van der Waals surface area contributed by atoms with Gasteiger partial charge in [-0.25, -0.2) is 0 Å². The van der Waals surface area contributed by atoms with E-state index < -0.39 is 0 Å². The van der Waals surface area contributed by atoms with Gasteiger partial charge in [0.05, 0.1) is 0 Å². The van der Waals surface area contributed by atoms with Gasteiger partial charge in [0, 0.05) is 5.92 Å². The fourth-order valence-electron chi connectivity index (χ4n) is 4.08. The van der Waals surface area contributed by atoms with Crippen LogP contribution < -0.4 is 5.73 Å². The summed E-state index contributed by atoms with van der Waals surface area (Å²) >= 11 is 0. The lowest BCUT2D eigenvalue weighted by Gasteiger charge is -2.35. The van der Waals surface area contributed by atoms with Gasteiger partial charge in [-0.1, -0.05) is 67.6 Å². The Balaban J connectivity index is 1.87. The highest BCUT2D eigenvalue weighted by Crippen LogP contribution is 2.48. The molecule has 0 amide bonds. The summed E-state index contributed by atoms with van der Waals surface area (Å²) < 4.78 is 6.02. The van der Waals surface area contributed by atoms with E-state index in [-0.39, 0.29) is 11.8 Å². The second kappa shape index (κ2) is 7.17. The van der Waals surface area contributed by atoms with E-state index in [2.05, 4.69) is 43.3 Å². The van der Waals surface area contributed by atoms with Gasteiger partial charge in [-0.15, -0.1) is 0 Å². The molecule has 2 atom stereocenters. The molecule has 2 N–H and O–H groups in total. The average Bonchev–Trinajstić information content (AvgIpc) is 2.69. The van der Waals surface area contributed by atoms with Crippen molar-refractivity contribution in [2.45, 2.75) is 25.7 Å². The second-order valence-corrected chi connectivity index (χ2v) is 7.28. The van der Waals surface area contributed by atoms with Crippen molar-refractivity contribution in [3.63, 3.8) is 0 Å². The van der Waals surface area contributed by atoms with Gasteiger partial charge in [-0.2, -0.15) is 5.26 Å². The summed E-state index contributed by atoms with van der Waals surface area (Å²) in [7, 11) is 0. The summed E-state index contributed by atoms with van der Waals surface area (Å²) in [4.78, 5) is 0. The topological polar surface area (TPSA) is 59.0 Å². The first-order valence-electron chi connectivity index (χ1n) is 9.29. The smallest absolute Gasteiger partial charge is 0.205 e. The Hall–Kier alpha value is -3.25. The number of rotatable bonds is 2. The third-order valence-electron chi connectivity index (χ3n) is 5.23. The van der Waals surface area contributed by atoms with Crippen molar-refractivity contribution in [1.29, 1.82) is 5.26 Å². The monoisotopic (exact) mass is 354 g/mol. The Kier molecular flexibility index (Phi) is 4.56. The number of hydrogen-bond acceptors (Lipinski definition) is 3. The number of allylic oxidation sites excluding steroid dienone is 3. The zero-order valence-corrected chi connectivity index (χ0v) is 15.4.